The Morgan fingerprint density at radius 3 is 2.56 bits per heavy atom. The fourth-order valence-corrected chi connectivity index (χ4v) is 2.48. The molecule has 1 aliphatic carbocycles. The topological polar surface area (TPSA) is 9.23 Å². The van der Waals surface area contributed by atoms with Crippen LogP contribution < -0.4 is 0 Å². The van der Waals surface area contributed by atoms with Gasteiger partial charge in [0, 0.05) is 4.47 Å². The highest BCUT2D eigenvalue weighted by Crippen LogP contribution is 2.52. The molecule has 1 aromatic rings. The molecule has 0 aliphatic heterocycles. The summed E-state index contributed by atoms with van der Waals surface area (Å²) in [6.07, 6.45) is -1.26. The fraction of sp³-hybridized carbons (Fsp3) is 0.385. The molecule has 1 nitrogen and oxygen atoms in total. The van der Waals surface area contributed by atoms with Gasteiger partial charge < -0.3 is 4.74 Å². The second kappa shape index (κ2) is 4.70. The second-order valence-corrected chi connectivity index (χ2v) is 5.14. The van der Waals surface area contributed by atoms with Gasteiger partial charge in [-0.1, -0.05) is 22.0 Å². The molecule has 1 fully saturated rings. The molecule has 0 radical (unpaired) electrons. The summed E-state index contributed by atoms with van der Waals surface area (Å²) < 4.78 is 44.3. The van der Waals surface area contributed by atoms with Gasteiger partial charge in [-0.15, -0.1) is 6.58 Å². The molecule has 0 bridgehead atoms. The summed E-state index contributed by atoms with van der Waals surface area (Å²) in [5, 5.41) is 0. The molecule has 2 rings (SSSR count). The van der Waals surface area contributed by atoms with E-state index < -0.39 is 17.3 Å². The van der Waals surface area contributed by atoms with Gasteiger partial charge in [0.05, 0.1) is 17.8 Å². The zero-order valence-electron chi connectivity index (χ0n) is 9.56. The number of rotatable bonds is 4. The maximum atomic E-state index is 12.7. The Labute approximate surface area is 112 Å². The summed E-state index contributed by atoms with van der Waals surface area (Å²) in [5.41, 5.74) is -0.651. The lowest BCUT2D eigenvalue weighted by Gasteiger charge is -2.19. The summed E-state index contributed by atoms with van der Waals surface area (Å²) in [6.45, 7) is 3.88. The molecule has 0 spiro atoms. The van der Waals surface area contributed by atoms with Gasteiger partial charge in [-0.3, -0.25) is 0 Å². The molecule has 1 aliphatic rings. The van der Waals surface area contributed by atoms with E-state index in [0.29, 0.717) is 16.6 Å². The predicted octanol–water partition coefficient (Wildman–Crippen LogP) is 4.66. The molecule has 0 amide bonds. The Morgan fingerprint density at radius 2 is 2.06 bits per heavy atom. The lowest BCUT2D eigenvalue weighted by molar-refractivity contribution is -0.137. The first-order chi connectivity index (χ1) is 8.39. The average molecular weight is 321 g/mol. The van der Waals surface area contributed by atoms with Crippen LogP contribution in [0.25, 0.3) is 0 Å². The van der Waals surface area contributed by atoms with Gasteiger partial charge in [0.1, 0.15) is 0 Å². The van der Waals surface area contributed by atoms with Crippen LogP contribution in [0.3, 0.4) is 0 Å². The monoisotopic (exact) mass is 320 g/mol. The Hall–Kier alpha value is -0.810. The third-order valence-electron chi connectivity index (χ3n) is 2.97. The third-order valence-corrected chi connectivity index (χ3v) is 3.66. The molecule has 5 heteroatoms. The number of alkyl halides is 3. The van der Waals surface area contributed by atoms with E-state index in [-0.39, 0.29) is 0 Å². The fourth-order valence-electron chi connectivity index (χ4n) is 1.87. The van der Waals surface area contributed by atoms with Crippen molar-refractivity contribution in [2.45, 2.75) is 24.6 Å². The molecule has 0 heterocycles. The Bertz CT molecular complexity index is 464. The molecule has 0 unspecified atom stereocenters. The van der Waals surface area contributed by atoms with E-state index in [1.165, 1.54) is 12.1 Å². The molecule has 1 saturated carbocycles. The normalized spacial score (nSPS) is 17.6. The lowest BCUT2D eigenvalue weighted by Crippen LogP contribution is -2.15. The van der Waals surface area contributed by atoms with Gasteiger partial charge in [0.25, 0.3) is 0 Å². The first-order valence-electron chi connectivity index (χ1n) is 5.51. The van der Waals surface area contributed by atoms with Crippen molar-refractivity contribution < 1.29 is 17.9 Å². The van der Waals surface area contributed by atoms with Crippen LogP contribution in [0.4, 0.5) is 13.2 Å². The van der Waals surface area contributed by atoms with Gasteiger partial charge in [-0.25, -0.2) is 0 Å². The lowest BCUT2D eigenvalue weighted by atomic mass is 10.0. The molecule has 0 N–H and O–H groups in total. The van der Waals surface area contributed by atoms with E-state index in [1.807, 2.05) is 0 Å². The number of hydrogen-bond acceptors (Lipinski definition) is 1. The van der Waals surface area contributed by atoms with Crippen molar-refractivity contribution in [3.8, 4) is 0 Å². The highest BCUT2D eigenvalue weighted by molar-refractivity contribution is 9.10. The minimum Gasteiger partial charge on any atom is -0.366 e. The minimum absolute atomic E-state index is 0.336. The molecular formula is C13H12BrF3O. The molecule has 1 aromatic carbocycles. The van der Waals surface area contributed by atoms with Crippen LogP contribution in [0, 0.1) is 0 Å². The summed E-state index contributed by atoms with van der Waals surface area (Å²) in [6, 6.07) is 3.66. The smallest absolute Gasteiger partial charge is 0.366 e. The number of benzene rings is 1. The molecular weight excluding hydrogens is 309 g/mol. The highest BCUT2D eigenvalue weighted by atomic mass is 79.9. The zero-order valence-corrected chi connectivity index (χ0v) is 11.1. The summed E-state index contributed by atoms with van der Waals surface area (Å²) >= 11 is 3.29. The molecule has 0 atom stereocenters. The second-order valence-electron chi connectivity index (χ2n) is 4.29. The van der Waals surface area contributed by atoms with Crippen molar-refractivity contribution in [2.75, 3.05) is 6.61 Å². The highest BCUT2D eigenvalue weighted by Gasteiger charge is 2.47. The molecule has 18 heavy (non-hydrogen) atoms. The van der Waals surface area contributed by atoms with Crippen LogP contribution >= 0.6 is 15.9 Å². The minimum atomic E-state index is -4.33. The quantitative estimate of drug-likeness (QED) is 0.733. The molecule has 0 saturated heterocycles. The van der Waals surface area contributed by atoms with Crippen LogP contribution in [-0.4, -0.2) is 6.61 Å². The average Bonchev–Trinajstić information content (AvgIpc) is 3.06. The Balaban J connectivity index is 2.35. The number of ether oxygens (including phenoxy) is 1. The van der Waals surface area contributed by atoms with Crippen LogP contribution in [0.2, 0.25) is 0 Å². The van der Waals surface area contributed by atoms with Crippen molar-refractivity contribution in [1.29, 1.82) is 0 Å². The van der Waals surface area contributed by atoms with Crippen molar-refractivity contribution >= 4 is 15.9 Å². The Kier molecular flexibility index (Phi) is 3.56. The van der Waals surface area contributed by atoms with Crippen molar-refractivity contribution in [1.82, 2.24) is 0 Å². The zero-order chi connectivity index (χ0) is 13.4. The van der Waals surface area contributed by atoms with E-state index >= 15 is 0 Å². The van der Waals surface area contributed by atoms with Crippen LogP contribution in [0.5, 0.6) is 0 Å². The first kappa shape index (κ1) is 13.6. The van der Waals surface area contributed by atoms with Crippen molar-refractivity contribution in [3.05, 3.63) is 46.5 Å². The van der Waals surface area contributed by atoms with E-state index in [1.54, 1.807) is 6.08 Å². The first-order valence-corrected chi connectivity index (χ1v) is 6.30. The van der Waals surface area contributed by atoms with Gasteiger partial charge in [-0.05, 0) is 36.6 Å². The summed E-state index contributed by atoms with van der Waals surface area (Å²) in [5.74, 6) is 0. The standard InChI is InChI=1S/C13H12BrF3O/c1-2-7-18-12(5-6-12)10-8-9(13(15,16)17)3-4-11(10)14/h2-4,8H,1,5-7H2. The Morgan fingerprint density at radius 1 is 1.39 bits per heavy atom. The van der Waals surface area contributed by atoms with E-state index in [0.717, 1.165) is 18.9 Å². The molecule has 98 valence electrons. The van der Waals surface area contributed by atoms with Gasteiger partial charge in [0.15, 0.2) is 0 Å². The van der Waals surface area contributed by atoms with E-state index in [4.69, 9.17) is 4.74 Å². The predicted molar refractivity (Wildman–Crippen MR) is 66.2 cm³/mol. The van der Waals surface area contributed by atoms with Crippen LogP contribution in [0.15, 0.2) is 35.3 Å². The molecule has 0 aromatic heterocycles. The van der Waals surface area contributed by atoms with Gasteiger partial charge in [0.2, 0.25) is 0 Å². The summed E-state index contributed by atoms with van der Waals surface area (Å²) in [4.78, 5) is 0. The maximum absolute atomic E-state index is 12.7. The third kappa shape index (κ3) is 2.62. The number of halogens is 4. The van der Waals surface area contributed by atoms with Gasteiger partial charge in [-0.2, -0.15) is 13.2 Å². The summed E-state index contributed by atoms with van der Waals surface area (Å²) in [7, 11) is 0. The maximum Gasteiger partial charge on any atom is 0.416 e. The van der Waals surface area contributed by atoms with E-state index in [2.05, 4.69) is 22.5 Å². The van der Waals surface area contributed by atoms with Crippen molar-refractivity contribution in [3.63, 3.8) is 0 Å². The van der Waals surface area contributed by atoms with Crippen LogP contribution in [0.1, 0.15) is 24.0 Å². The van der Waals surface area contributed by atoms with E-state index in [9.17, 15) is 13.2 Å². The largest absolute Gasteiger partial charge is 0.416 e. The van der Waals surface area contributed by atoms with Crippen molar-refractivity contribution in [2.24, 2.45) is 0 Å². The van der Waals surface area contributed by atoms with Gasteiger partial charge >= 0.3 is 6.18 Å². The number of hydrogen-bond donors (Lipinski definition) is 0. The SMILES string of the molecule is C=CCOC1(c2cc(C(F)(F)F)ccc2Br)CC1. The van der Waals surface area contributed by atoms with Crippen LogP contribution in [-0.2, 0) is 16.5 Å².